The number of hydrogen-bond donors (Lipinski definition) is 3. The molecular formula is C16H21N5. The summed E-state index contributed by atoms with van der Waals surface area (Å²) in [5.41, 5.74) is 6.55. The minimum Gasteiger partial charge on any atom is -0.366 e. The van der Waals surface area contributed by atoms with Crippen LogP contribution < -0.4 is 16.6 Å². The van der Waals surface area contributed by atoms with Crippen molar-refractivity contribution in [1.82, 2.24) is 9.97 Å². The Morgan fingerprint density at radius 3 is 2.29 bits per heavy atom. The third kappa shape index (κ3) is 2.69. The smallest absolute Gasteiger partial charge is 0.148 e. The predicted molar refractivity (Wildman–Crippen MR) is 85.2 cm³/mol. The molecule has 1 aliphatic rings. The van der Waals surface area contributed by atoms with Gasteiger partial charge in [0.1, 0.15) is 18.0 Å². The van der Waals surface area contributed by atoms with E-state index >= 15 is 0 Å². The van der Waals surface area contributed by atoms with Crippen molar-refractivity contribution in [3.05, 3.63) is 47.3 Å². The third-order valence-electron chi connectivity index (χ3n) is 3.99. The molecule has 0 spiro atoms. The average molecular weight is 283 g/mol. The molecule has 110 valence electrons. The van der Waals surface area contributed by atoms with Crippen molar-refractivity contribution in [1.29, 1.82) is 0 Å². The Morgan fingerprint density at radius 2 is 1.71 bits per heavy atom. The molecule has 0 fully saturated rings. The number of aromatic nitrogens is 2. The fraction of sp³-hybridized carbons (Fsp3) is 0.375. The molecule has 2 aromatic rings. The molecule has 1 heterocycles. The fourth-order valence-electron chi connectivity index (χ4n) is 3.03. The van der Waals surface area contributed by atoms with Gasteiger partial charge in [-0.25, -0.2) is 15.8 Å². The van der Waals surface area contributed by atoms with Crippen LogP contribution in [0.15, 0.2) is 30.6 Å². The summed E-state index contributed by atoms with van der Waals surface area (Å²) in [6.45, 7) is 4.24. The Labute approximate surface area is 125 Å². The second-order valence-corrected chi connectivity index (χ2v) is 5.80. The first-order valence-corrected chi connectivity index (χ1v) is 7.34. The molecule has 4 N–H and O–H groups in total. The van der Waals surface area contributed by atoms with Gasteiger partial charge in [0.25, 0.3) is 0 Å². The number of fused-ring (bicyclic) bond motifs is 1. The van der Waals surface area contributed by atoms with Crippen molar-refractivity contribution in [2.24, 2.45) is 5.84 Å². The van der Waals surface area contributed by atoms with Crippen LogP contribution in [0.1, 0.15) is 36.5 Å². The molecule has 0 amide bonds. The molecule has 5 nitrogen and oxygen atoms in total. The first-order chi connectivity index (χ1) is 10.2. The van der Waals surface area contributed by atoms with Crippen molar-refractivity contribution >= 4 is 11.6 Å². The van der Waals surface area contributed by atoms with Gasteiger partial charge in [-0.1, -0.05) is 38.1 Å². The van der Waals surface area contributed by atoms with Gasteiger partial charge in [-0.05, 0) is 29.9 Å². The number of nitrogens with two attached hydrogens (primary N) is 1. The highest BCUT2D eigenvalue weighted by Crippen LogP contribution is 2.30. The van der Waals surface area contributed by atoms with E-state index in [-0.39, 0.29) is 0 Å². The van der Waals surface area contributed by atoms with Gasteiger partial charge in [0.15, 0.2) is 0 Å². The molecule has 5 heteroatoms. The van der Waals surface area contributed by atoms with Crippen molar-refractivity contribution < 1.29 is 0 Å². The Balaban J connectivity index is 1.84. The summed E-state index contributed by atoms with van der Waals surface area (Å²) in [6.07, 6.45) is 3.61. The van der Waals surface area contributed by atoms with Gasteiger partial charge in [0.2, 0.25) is 0 Å². The van der Waals surface area contributed by atoms with E-state index in [1.165, 1.54) is 11.1 Å². The van der Waals surface area contributed by atoms with Crippen LogP contribution in [0.2, 0.25) is 0 Å². The molecule has 0 radical (unpaired) electrons. The van der Waals surface area contributed by atoms with Gasteiger partial charge < -0.3 is 10.7 Å². The zero-order chi connectivity index (χ0) is 14.8. The minimum atomic E-state index is 0.295. The van der Waals surface area contributed by atoms with Crippen molar-refractivity contribution in [2.75, 3.05) is 10.7 Å². The molecule has 0 aliphatic heterocycles. The van der Waals surface area contributed by atoms with Crippen LogP contribution in [-0.4, -0.2) is 16.0 Å². The summed E-state index contributed by atoms with van der Waals surface area (Å²) in [5, 5.41) is 3.57. The monoisotopic (exact) mass is 283 g/mol. The van der Waals surface area contributed by atoms with Gasteiger partial charge in [0.05, 0.1) is 0 Å². The molecule has 0 saturated carbocycles. The molecule has 1 aromatic heterocycles. The zero-order valence-corrected chi connectivity index (χ0v) is 12.4. The van der Waals surface area contributed by atoms with E-state index in [0.29, 0.717) is 17.8 Å². The largest absolute Gasteiger partial charge is 0.366 e. The molecule has 0 unspecified atom stereocenters. The highest BCUT2D eigenvalue weighted by Gasteiger charge is 2.23. The van der Waals surface area contributed by atoms with Crippen LogP contribution in [0.4, 0.5) is 11.6 Å². The van der Waals surface area contributed by atoms with E-state index in [4.69, 9.17) is 5.84 Å². The van der Waals surface area contributed by atoms with Crippen LogP contribution in [0, 0.1) is 0 Å². The maximum atomic E-state index is 5.57. The zero-order valence-electron chi connectivity index (χ0n) is 12.4. The first-order valence-electron chi connectivity index (χ1n) is 7.34. The lowest BCUT2D eigenvalue weighted by molar-refractivity contribution is 0.756. The van der Waals surface area contributed by atoms with E-state index in [2.05, 4.69) is 58.8 Å². The molecule has 1 aliphatic carbocycles. The highest BCUT2D eigenvalue weighted by molar-refractivity contribution is 5.59. The lowest BCUT2D eigenvalue weighted by atomic mass is 10.0. The van der Waals surface area contributed by atoms with Crippen molar-refractivity contribution in [3.63, 3.8) is 0 Å². The Morgan fingerprint density at radius 1 is 1.10 bits per heavy atom. The summed E-state index contributed by atoms with van der Waals surface area (Å²) in [6, 6.07) is 8.98. The molecule has 21 heavy (non-hydrogen) atoms. The Kier molecular flexibility index (Phi) is 3.75. The van der Waals surface area contributed by atoms with Crippen LogP contribution >= 0.6 is 0 Å². The Bertz CT molecular complexity index is 613. The van der Waals surface area contributed by atoms with Gasteiger partial charge in [0, 0.05) is 11.6 Å². The van der Waals surface area contributed by atoms with Crippen molar-refractivity contribution in [3.8, 4) is 0 Å². The fourth-order valence-corrected chi connectivity index (χ4v) is 3.03. The summed E-state index contributed by atoms with van der Waals surface area (Å²) in [4.78, 5) is 8.62. The van der Waals surface area contributed by atoms with Crippen LogP contribution in [0.25, 0.3) is 0 Å². The summed E-state index contributed by atoms with van der Waals surface area (Å²) in [7, 11) is 0. The number of hydrazine groups is 1. The summed E-state index contributed by atoms with van der Waals surface area (Å²) >= 11 is 0. The maximum Gasteiger partial charge on any atom is 0.148 e. The van der Waals surface area contributed by atoms with E-state index < -0.39 is 0 Å². The summed E-state index contributed by atoms with van der Waals surface area (Å²) < 4.78 is 0. The number of hydrogen-bond acceptors (Lipinski definition) is 5. The molecular weight excluding hydrogens is 262 g/mol. The van der Waals surface area contributed by atoms with E-state index in [1.807, 2.05) is 0 Å². The second kappa shape index (κ2) is 5.69. The maximum absolute atomic E-state index is 5.57. The second-order valence-electron chi connectivity index (χ2n) is 5.80. The van der Waals surface area contributed by atoms with Gasteiger partial charge in [-0.2, -0.15) is 0 Å². The average Bonchev–Trinajstić information content (AvgIpc) is 2.88. The lowest BCUT2D eigenvalue weighted by Crippen LogP contribution is -2.23. The normalized spacial score (nSPS) is 14.3. The number of nitrogens with one attached hydrogen (secondary N) is 2. The minimum absolute atomic E-state index is 0.295. The molecule has 1 aromatic carbocycles. The molecule has 0 atom stereocenters. The van der Waals surface area contributed by atoms with E-state index in [9.17, 15) is 0 Å². The van der Waals surface area contributed by atoms with Gasteiger partial charge in [-0.15, -0.1) is 0 Å². The van der Waals surface area contributed by atoms with E-state index in [1.54, 1.807) is 6.33 Å². The number of nitrogen functional groups attached to an aromatic ring is 1. The number of nitrogens with zero attached hydrogens (tertiary/aromatic N) is 2. The van der Waals surface area contributed by atoms with Crippen LogP contribution in [-0.2, 0) is 12.8 Å². The number of anilines is 2. The SMILES string of the molecule is CC(C)c1c(NN)ncnc1NC1Cc2ccccc2C1. The van der Waals surface area contributed by atoms with Gasteiger partial charge >= 0.3 is 0 Å². The van der Waals surface area contributed by atoms with E-state index in [0.717, 1.165) is 24.2 Å². The van der Waals surface area contributed by atoms with Gasteiger partial charge in [-0.3, -0.25) is 0 Å². The predicted octanol–water partition coefficient (Wildman–Crippen LogP) is 2.46. The first kappa shape index (κ1) is 13.8. The lowest BCUT2D eigenvalue weighted by Gasteiger charge is -2.19. The number of rotatable bonds is 4. The Hall–Kier alpha value is -2.14. The van der Waals surface area contributed by atoms with Crippen molar-refractivity contribution in [2.45, 2.75) is 38.6 Å². The quantitative estimate of drug-likeness (QED) is 0.593. The summed E-state index contributed by atoms with van der Waals surface area (Å²) in [5.74, 6) is 7.43. The topological polar surface area (TPSA) is 75.9 Å². The molecule has 0 saturated heterocycles. The number of benzene rings is 1. The molecule has 0 bridgehead atoms. The van der Waals surface area contributed by atoms with Crippen LogP contribution in [0.3, 0.4) is 0 Å². The highest BCUT2D eigenvalue weighted by atomic mass is 15.3. The third-order valence-corrected chi connectivity index (χ3v) is 3.99. The van der Waals surface area contributed by atoms with Crippen LogP contribution in [0.5, 0.6) is 0 Å². The molecule has 3 rings (SSSR count). The standard InChI is InChI=1S/C16H21N5/c1-10(2)14-15(18-9-19-16(14)21-17)20-13-7-11-5-3-4-6-12(11)8-13/h3-6,9-10,13H,7-8,17H2,1-2H3,(H2,18,19,20,21).